The first-order valence-corrected chi connectivity index (χ1v) is 5.48. The molecule has 1 aromatic rings. The minimum Gasteiger partial charge on any atom is -0.352 e. The monoisotopic (exact) mass is 233 g/mol. The molecule has 0 spiro atoms. The van der Waals surface area contributed by atoms with Gasteiger partial charge in [-0.05, 0) is 13.8 Å². The third-order valence-electron chi connectivity index (χ3n) is 1.33. The fourth-order valence-electron chi connectivity index (χ4n) is 0.864. The van der Waals surface area contributed by atoms with E-state index in [1.165, 1.54) is 11.3 Å². The maximum absolute atomic E-state index is 11.2. The van der Waals surface area contributed by atoms with Gasteiger partial charge in [-0.2, -0.15) is 0 Å². The van der Waals surface area contributed by atoms with Crippen molar-refractivity contribution in [1.82, 2.24) is 10.3 Å². The second-order valence-electron chi connectivity index (χ2n) is 3.05. The van der Waals surface area contributed by atoms with Gasteiger partial charge in [0, 0.05) is 11.4 Å². The molecule has 1 rings (SSSR count). The van der Waals surface area contributed by atoms with Gasteiger partial charge in [0.1, 0.15) is 5.15 Å². The number of aromatic nitrogens is 1. The Kier molecular flexibility index (Phi) is 4.16. The molecule has 4 nitrogen and oxygen atoms in total. The van der Waals surface area contributed by atoms with Gasteiger partial charge < -0.3 is 10.6 Å². The number of hydrogen-bond donors (Lipinski definition) is 2. The van der Waals surface area contributed by atoms with Gasteiger partial charge in [-0.15, -0.1) is 11.3 Å². The SMILES string of the molecule is CC(C)NC(=O)CNc1nc(Cl)cs1. The van der Waals surface area contributed by atoms with Crippen LogP contribution in [0.2, 0.25) is 5.15 Å². The molecule has 14 heavy (non-hydrogen) atoms. The predicted molar refractivity (Wildman–Crippen MR) is 58.9 cm³/mol. The van der Waals surface area contributed by atoms with Crippen LogP contribution in [0.4, 0.5) is 5.13 Å². The van der Waals surface area contributed by atoms with Gasteiger partial charge in [-0.1, -0.05) is 11.6 Å². The molecule has 0 aliphatic carbocycles. The first-order valence-electron chi connectivity index (χ1n) is 4.22. The van der Waals surface area contributed by atoms with Crippen LogP contribution in [0.5, 0.6) is 0 Å². The quantitative estimate of drug-likeness (QED) is 0.833. The number of carbonyl (C=O) groups excluding carboxylic acids is 1. The van der Waals surface area contributed by atoms with Crippen LogP contribution >= 0.6 is 22.9 Å². The van der Waals surface area contributed by atoms with Crippen molar-refractivity contribution in [3.63, 3.8) is 0 Å². The van der Waals surface area contributed by atoms with Gasteiger partial charge in [0.25, 0.3) is 0 Å². The van der Waals surface area contributed by atoms with Gasteiger partial charge in [0.05, 0.1) is 6.54 Å². The van der Waals surface area contributed by atoms with E-state index in [1.807, 2.05) is 13.8 Å². The Morgan fingerprint density at radius 3 is 2.93 bits per heavy atom. The number of anilines is 1. The van der Waals surface area contributed by atoms with E-state index in [4.69, 9.17) is 11.6 Å². The smallest absolute Gasteiger partial charge is 0.239 e. The molecule has 0 bridgehead atoms. The zero-order valence-electron chi connectivity index (χ0n) is 8.00. The van der Waals surface area contributed by atoms with E-state index in [2.05, 4.69) is 15.6 Å². The Balaban J connectivity index is 2.30. The van der Waals surface area contributed by atoms with Crippen molar-refractivity contribution in [2.45, 2.75) is 19.9 Å². The predicted octanol–water partition coefficient (Wildman–Crippen LogP) is 1.73. The summed E-state index contributed by atoms with van der Waals surface area (Å²) in [7, 11) is 0. The van der Waals surface area contributed by atoms with E-state index in [-0.39, 0.29) is 18.5 Å². The summed E-state index contributed by atoms with van der Waals surface area (Å²) in [5.41, 5.74) is 0. The minimum atomic E-state index is -0.0497. The van der Waals surface area contributed by atoms with Crippen LogP contribution in [0.25, 0.3) is 0 Å². The molecule has 0 aliphatic heterocycles. The van der Waals surface area contributed by atoms with Crippen LogP contribution in [0, 0.1) is 0 Å². The van der Waals surface area contributed by atoms with E-state index in [9.17, 15) is 4.79 Å². The molecule has 0 unspecified atom stereocenters. The van der Waals surface area contributed by atoms with Crippen molar-refractivity contribution >= 4 is 34.0 Å². The van der Waals surface area contributed by atoms with Crippen LogP contribution in [-0.4, -0.2) is 23.5 Å². The summed E-state index contributed by atoms with van der Waals surface area (Å²) in [5, 5.41) is 8.46. The van der Waals surface area contributed by atoms with Crippen LogP contribution in [0.1, 0.15) is 13.8 Å². The van der Waals surface area contributed by atoms with Gasteiger partial charge in [0.2, 0.25) is 5.91 Å². The number of amides is 1. The zero-order chi connectivity index (χ0) is 10.6. The lowest BCUT2D eigenvalue weighted by molar-refractivity contribution is -0.119. The number of thiazole rings is 1. The van der Waals surface area contributed by atoms with E-state index >= 15 is 0 Å². The molecule has 0 aromatic carbocycles. The molecule has 1 amide bonds. The number of nitrogens with zero attached hydrogens (tertiary/aromatic N) is 1. The van der Waals surface area contributed by atoms with E-state index in [0.29, 0.717) is 10.3 Å². The van der Waals surface area contributed by atoms with Gasteiger partial charge in [-0.3, -0.25) is 4.79 Å². The summed E-state index contributed by atoms with van der Waals surface area (Å²) in [6, 6.07) is 0.157. The molecule has 0 fully saturated rings. The van der Waals surface area contributed by atoms with Crippen LogP contribution < -0.4 is 10.6 Å². The average molecular weight is 234 g/mol. The van der Waals surface area contributed by atoms with Crippen molar-refractivity contribution < 1.29 is 4.79 Å². The summed E-state index contributed by atoms with van der Waals surface area (Å²) in [5.74, 6) is -0.0497. The van der Waals surface area contributed by atoms with E-state index < -0.39 is 0 Å². The Labute approximate surface area is 91.7 Å². The number of nitrogens with one attached hydrogen (secondary N) is 2. The molecule has 6 heteroatoms. The Bertz CT molecular complexity index is 313. The molecule has 1 heterocycles. The highest BCUT2D eigenvalue weighted by molar-refractivity contribution is 7.14. The highest BCUT2D eigenvalue weighted by Crippen LogP contribution is 2.18. The maximum atomic E-state index is 11.2. The minimum absolute atomic E-state index is 0.0497. The molecule has 0 aliphatic rings. The number of hydrogen-bond acceptors (Lipinski definition) is 4. The third kappa shape index (κ3) is 3.93. The zero-order valence-corrected chi connectivity index (χ0v) is 9.58. The van der Waals surface area contributed by atoms with Crippen LogP contribution in [-0.2, 0) is 4.79 Å². The second kappa shape index (κ2) is 5.17. The topological polar surface area (TPSA) is 54.0 Å². The van der Waals surface area contributed by atoms with E-state index in [0.717, 1.165) is 0 Å². The molecule has 0 saturated heterocycles. The highest BCUT2D eigenvalue weighted by atomic mass is 35.5. The Morgan fingerprint density at radius 2 is 2.43 bits per heavy atom. The third-order valence-corrected chi connectivity index (χ3v) is 2.45. The van der Waals surface area contributed by atoms with Gasteiger partial charge in [0.15, 0.2) is 5.13 Å². The molecule has 0 saturated carbocycles. The van der Waals surface area contributed by atoms with Crippen molar-refractivity contribution in [2.24, 2.45) is 0 Å². The molecular weight excluding hydrogens is 222 g/mol. The molecule has 2 N–H and O–H groups in total. The summed E-state index contributed by atoms with van der Waals surface area (Å²) in [4.78, 5) is 15.2. The van der Waals surface area contributed by atoms with Crippen molar-refractivity contribution in [3.8, 4) is 0 Å². The molecule has 1 aromatic heterocycles. The number of halogens is 1. The largest absolute Gasteiger partial charge is 0.352 e. The molecular formula is C8H12ClN3OS. The van der Waals surface area contributed by atoms with Crippen molar-refractivity contribution in [1.29, 1.82) is 0 Å². The lowest BCUT2D eigenvalue weighted by Gasteiger charge is -2.07. The first-order chi connectivity index (χ1) is 6.58. The lowest BCUT2D eigenvalue weighted by Crippen LogP contribution is -2.34. The average Bonchev–Trinajstić information content (AvgIpc) is 2.47. The fourth-order valence-corrected chi connectivity index (χ4v) is 1.70. The number of rotatable bonds is 4. The number of carbonyl (C=O) groups is 1. The molecule has 0 atom stereocenters. The van der Waals surface area contributed by atoms with Gasteiger partial charge >= 0.3 is 0 Å². The lowest BCUT2D eigenvalue weighted by atomic mass is 10.4. The highest BCUT2D eigenvalue weighted by Gasteiger charge is 2.04. The van der Waals surface area contributed by atoms with Gasteiger partial charge in [-0.25, -0.2) is 4.98 Å². The van der Waals surface area contributed by atoms with E-state index in [1.54, 1.807) is 5.38 Å². The molecule has 0 radical (unpaired) electrons. The summed E-state index contributed by atoms with van der Waals surface area (Å²) in [6.07, 6.45) is 0. The molecule has 78 valence electrons. The van der Waals surface area contributed by atoms with Crippen LogP contribution in [0.3, 0.4) is 0 Å². The second-order valence-corrected chi connectivity index (χ2v) is 4.30. The fraction of sp³-hybridized carbons (Fsp3) is 0.500. The summed E-state index contributed by atoms with van der Waals surface area (Å²) in [6.45, 7) is 4.05. The standard InChI is InChI=1S/C8H12ClN3OS/c1-5(2)11-7(13)3-10-8-12-6(9)4-14-8/h4-5H,3H2,1-2H3,(H,10,12)(H,11,13). The first kappa shape index (κ1) is 11.3. The Morgan fingerprint density at radius 1 is 1.71 bits per heavy atom. The maximum Gasteiger partial charge on any atom is 0.239 e. The van der Waals surface area contributed by atoms with Crippen LogP contribution in [0.15, 0.2) is 5.38 Å². The normalized spacial score (nSPS) is 10.3. The Hall–Kier alpha value is -0.810. The van der Waals surface area contributed by atoms with Crippen molar-refractivity contribution in [3.05, 3.63) is 10.5 Å². The summed E-state index contributed by atoms with van der Waals surface area (Å²) < 4.78 is 0. The summed E-state index contributed by atoms with van der Waals surface area (Å²) >= 11 is 7.00. The van der Waals surface area contributed by atoms with Crippen molar-refractivity contribution in [2.75, 3.05) is 11.9 Å².